The van der Waals surface area contributed by atoms with E-state index in [1.807, 2.05) is 25.2 Å². The second-order valence-electron chi connectivity index (χ2n) is 3.22. The van der Waals surface area contributed by atoms with Gasteiger partial charge in [0.05, 0.1) is 10.3 Å². The lowest BCUT2D eigenvalue weighted by molar-refractivity contribution is 1.14. The molecule has 5 heteroatoms. The van der Waals surface area contributed by atoms with Gasteiger partial charge in [-0.25, -0.2) is 4.98 Å². The average molecular weight is 298 g/mol. The Labute approximate surface area is 107 Å². The molecular formula is C11H12BrN3S. The highest BCUT2D eigenvalue weighted by Crippen LogP contribution is 2.22. The first-order chi connectivity index (χ1) is 7.78. The Morgan fingerprint density at radius 1 is 1.25 bits per heavy atom. The number of pyridine rings is 1. The Balaban J connectivity index is 1.99. The number of aromatic nitrogens is 1. The molecule has 2 N–H and O–H groups in total. The molecule has 84 valence electrons. The second-order valence-corrected chi connectivity index (χ2v) is 5.77. The maximum atomic E-state index is 4.38. The van der Waals surface area contributed by atoms with Crippen molar-refractivity contribution in [3.8, 4) is 0 Å². The topological polar surface area (TPSA) is 37.0 Å². The highest BCUT2D eigenvalue weighted by atomic mass is 79.9. The molecule has 0 aliphatic rings. The van der Waals surface area contributed by atoms with Crippen LogP contribution in [0.4, 0.5) is 11.6 Å². The first-order valence-electron chi connectivity index (χ1n) is 4.91. The van der Waals surface area contributed by atoms with Gasteiger partial charge >= 0.3 is 0 Å². The first-order valence-corrected chi connectivity index (χ1v) is 6.52. The van der Waals surface area contributed by atoms with Crippen molar-refractivity contribution >= 4 is 38.9 Å². The zero-order valence-electron chi connectivity index (χ0n) is 8.83. The van der Waals surface area contributed by atoms with Crippen LogP contribution in [-0.4, -0.2) is 12.0 Å². The molecule has 0 atom stereocenters. The van der Waals surface area contributed by atoms with Crippen LogP contribution in [0.5, 0.6) is 0 Å². The van der Waals surface area contributed by atoms with Crippen LogP contribution in [-0.2, 0) is 6.54 Å². The molecule has 2 aromatic rings. The molecule has 0 bridgehead atoms. The number of anilines is 2. The van der Waals surface area contributed by atoms with E-state index >= 15 is 0 Å². The zero-order chi connectivity index (χ0) is 11.4. The van der Waals surface area contributed by atoms with E-state index in [9.17, 15) is 0 Å². The van der Waals surface area contributed by atoms with Crippen LogP contribution < -0.4 is 10.6 Å². The molecule has 0 amide bonds. The van der Waals surface area contributed by atoms with Gasteiger partial charge in [-0.2, -0.15) is 0 Å². The summed E-state index contributed by atoms with van der Waals surface area (Å²) < 4.78 is 1.15. The summed E-state index contributed by atoms with van der Waals surface area (Å²) in [5.74, 6) is 1.76. The normalized spacial score (nSPS) is 10.1. The summed E-state index contributed by atoms with van der Waals surface area (Å²) in [6, 6.07) is 10.0. The SMILES string of the molecule is CNc1cccc(NCc2ccc(Br)s2)n1. The number of rotatable bonds is 4. The van der Waals surface area contributed by atoms with Crippen molar-refractivity contribution in [2.24, 2.45) is 0 Å². The molecule has 2 heterocycles. The lowest BCUT2D eigenvalue weighted by Gasteiger charge is -2.05. The van der Waals surface area contributed by atoms with Crippen molar-refractivity contribution < 1.29 is 0 Å². The molecule has 0 saturated heterocycles. The van der Waals surface area contributed by atoms with Gasteiger partial charge in [0.25, 0.3) is 0 Å². The van der Waals surface area contributed by atoms with Crippen molar-refractivity contribution in [1.82, 2.24) is 4.98 Å². The molecule has 0 aliphatic heterocycles. The summed E-state index contributed by atoms with van der Waals surface area (Å²) in [5.41, 5.74) is 0. The van der Waals surface area contributed by atoms with Gasteiger partial charge < -0.3 is 10.6 Å². The predicted molar refractivity (Wildman–Crippen MR) is 73.1 cm³/mol. The fourth-order valence-corrected chi connectivity index (χ4v) is 2.72. The zero-order valence-corrected chi connectivity index (χ0v) is 11.2. The fourth-order valence-electron chi connectivity index (χ4n) is 1.30. The van der Waals surface area contributed by atoms with Gasteiger partial charge in [-0.05, 0) is 40.2 Å². The van der Waals surface area contributed by atoms with Crippen molar-refractivity contribution in [2.75, 3.05) is 17.7 Å². The van der Waals surface area contributed by atoms with Crippen LogP contribution in [0.1, 0.15) is 4.88 Å². The van der Waals surface area contributed by atoms with Crippen LogP contribution >= 0.6 is 27.3 Å². The third kappa shape index (κ3) is 2.96. The second kappa shape index (κ2) is 5.32. The van der Waals surface area contributed by atoms with E-state index in [0.717, 1.165) is 22.0 Å². The van der Waals surface area contributed by atoms with E-state index < -0.39 is 0 Å². The van der Waals surface area contributed by atoms with E-state index in [2.05, 4.69) is 43.7 Å². The molecule has 0 spiro atoms. The molecule has 0 aliphatic carbocycles. The predicted octanol–water partition coefficient (Wildman–Crippen LogP) is 3.56. The summed E-state index contributed by atoms with van der Waals surface area (Å²) in [6.45, 7) is 0.802. The molecule has 2 aromatic heterocycles. The smallest absolute Gasteiger partial charge is 0.128 e. The summed E-state index contributed by atoms with van der Waals surface area (Å²) in [5, 5.41) is 6.30. The Hall–Kier alpha value is -1.07. The van der Waals surface area contributed by atoms with E-state index in [1.165, 1.54) is 4.88 Å². The third-order valence-corrected chi connectivity index (χ3v) is 3.70. The van der Waals surface area contributed by atoms with Gasteiger partial charge in [-0.1, -0.05) is 6.07 Å². The van der Waals surface area contributed by atoms with Crippen molar-refractivity contribution in [3.63, 3.8) is 0 Å². The van der Waals surface area contributed by atoms with Crippen molar-refractivity contribution in [3.05, 3.63) is 39.0 Å². The van der Waals surface area contributed by atoms with Gasteiger partial charge in [0.15, 0.2) is 0 Å². The van der Waals surface area contributed by atoms with Crippen molar-refractivity contribution in [1.29, 1.82) is 0 Å². The third-order valence-electron chi connectivity index (χ3n) is 2.08. The minimum atomic E-state index is 0.802. The maximum Gasteiger partial charge on any atom is 0.128 e. The van der Waals surface area contributed by atoms with E-state index in [1.54, 1.807) is 11.3 Å². The standard InChI is InChI=1S/C11H12BrN3S/c1-13-10-3-2-4-11(15-10)14-7-8-5-6-9(12)16-8/h2-6H,7H2,1H3,(H2,13,14,15). The first kappa shape index (κ1) is 11.4. The molecule has 16 heavy (non-hydrogen) atoms. The Bertz CT molecular complexity index is 470. The molecule has 0 saturated carbocycles. The van der Waals surface area contributed by atoms with Crippen LogP contribution in [0.3, 0.4) is 0 Å². The highest BCUT2D eigenvalue weighted by Gasteiger charge is 1.99. The monoisotopic (exact) mass is 297 g/mol. The number of halogens is 1. The molecular weight excluding hydrogens is 286 g/mol. The van der Waals surface area contributed by atoms with Gasteiger partial charge in [-0.3, -0.25) is 0 Å². The molecule has 3 nitrogen and oxygen atoms in total. The Morgan fingerprint density at radius 3 is 2.75 bits per heavy atom. The number of thiophene rings is 1. The molecule has 2 rings (SSSR count). The summed E-state index contributed by atoms with van der Waals surface area (Å²) >= 11 is 5.17. The van der Waals surface area contributed by atoms with Gasteiger partial charge in [-0.15, -0.1) is 11.3 Å². The minimum Gasteiger partial charge on any atom is -0.373 e. The maximum absolute atomic E-state index is 4.38. The minimum absolute atomic E-state index is 0.802. The summed E-state index contributed by atoms with van der Waals surface area (Å²) in [6.07, 6.45) is 0. The van der Waals surface area contributed by atoms with Gasteiger partial charge in [0.2, 0.25) is 0 Å². The molecule has 0 aromatic carbocycles. The van der Waals surface area contributed by atoms with E-state index in [-0.39, 0.29) is 0 Å². The summed E-state index contributed by atoms with van der Waals surface area (Å²) in [4.78, 5) is 5.66. The largest absolute Gasteiger partial charge is 0.373 e. The van der Waals surface area contributed by atoms with E-state index in [4.69, 9.17) is 0 Å². The fraction of sp³-hybridized carbons (Fsp3) is 0.182. The number of nitrogens with one attached hydrogen (secondary N) is 2. The number of hydrogen-bond donors (Lipinski definition) is 2. The van der Waals surface area contributed by atoms with E-state index in [0.29, 0.717) is 0 Å². The van der Waals surface area contributed by atoms with Crippen LogP contribution in [0, 0.1) is 0 Å². The highest BCUT2D eigenvalue weighted by molar-refractivity contribution is 9.11. The van der Waals surface area contributed by atoms with Crippen LogP contribution in [0.15, 0.2) is 34.1 Å². The quantitative estimate of drug-likeness (QED) is 0.906. The molecule has 0 fully saturated rings. The lowest BCUT2D eigenvalue weighted by Crippen LogP contribution is -2.01. The van der Waals surface area contributed by atoms with Gasteiger partial charge in [0.1, 0.15) is 11.6 Å². The van der Waals surface area contributed by atoms with Gasteiger partial charge in [0, 0.05) is 11.9 Å². The number of nitrogens with zero attached hydrogens (tertiary/aromatic N) is 1. The van der Waals surface area contributed by atoms with Crippen molar-refractivity contribution in [2.45, 2.75) is 6.54 Å². The molecule has 0 radical (unpaired) electrons. The average Bonchev–Trinajstić information content (AvgIpc) is 2.73. The van der Waals surface area contributed by atoms with Crippen LogP contribution in [0.2, 0.25) is 0 Å². The summed E-state index contributed by atoms with van der Waals surface area (Å²) in [7, 11) is 1.86. The van der Waals surface area contributed by atoms with Crippen LogP contribution in [0.25, 0.3) is 0 Å². The lowest BCUT2D eigenvalue weighted by atomic mass is 10.4. The Kier molecular flexibility index (Phi) is 3.79. The molecule has 0 unspecified atom stereocenters. The Morgan fingerprint density at radius 2 is 2.06 bits per heavy atom. The number of hydrogen-bond acceptors (Lipinski definition) is 4.